The van der Waals surface area contributed by atoms with Gasteiger partial charge in [-0.05, 0) is 0 Å². The molecule has 0 saturated carbocycles. The summed E-state index contributed by atoms with van der Waals surface area (Å²) in [6.07, 6.45) is 1.86. The Balaban J connectivity index is 0.000000288. The van der Waals surface area contributed by atoms with Crippen molar-refractivity contribution in [3.63, 3.8) is 0 Å². The Hall–Kier alpha value is -2.22. The van der Waals surface area contributed by atoms with Crippen molar-refractivity contribution in [2.75, 3.05) is 0 Å². The number of hydrogen-bond donors (Lipinski definition) is 4. The standard InChI is InChI=1S/C4H7NO4.C4H3NO2/c5-2(4(8)9)1-3(6)7;6-3-1-2-4(7)5-3/h2H,1,5H2,(H,6,7)(H,8,9);1-2H,(H,5,6,7)/t2-;/m0./s1. The molecule has 1 aliphatic heterocycles. The number of nitrogens with one attached hydrogen (secondary N) is 1. The van der Waals surface area contributed by atoms with E-state index in [4.69, 9.17) is 15.9 Å². The van der Waals surface area contributed by atoms with Gasteiger partial charge < -0.3 is 15.9 Å². The molecule has 0 fully saturated rings. The number of aliphatic carboxylic acids is 2. The Bertz CT molecular complexity index is 332. The summed E-state index contributed by atoms with van der Waals surface area (Å²) >= 11 is 0. The van der Waals surface area contributed by atoms with Crippen molar-refractivity contribution < 1.29 is 29.4 Å². The Morgan fingerprint density at radius 1 is 1.25 bits per heavy atom. The fourth-order valence-corrected chi connectivity index (χ4v) is 0.632. The van der Waals surface area contributed by atoms with Gasteiger partial charge in [-0.25, -0.2) is 0 Å². The molecule has 5 N–H and O–H groups in total. The first-order valence-electron chi connectivity index (χ1n) is 4.06. The van der Waals surface area contributed by atoms with Crippen LogP contribution in [0.15, 0.2) is 12.2 Å². The molecule has 16 heavy (non-hydrogen) atoms. The van der Waals surface area contributed by atoms with E-state index in [0.717, 1.165) is 0 Å². The van der Waals surface area contributed by atoms with Crippen LogP contribution in [-0.4, -0.2) is 40.0 Å². The lowest BCUT2D eigenvalue weighted by Crippen LogP contribution is -2.32. The minimum Gasteiger partial charge on any atom is -0.481 e. The molecule has 8 heteroatoms. The molecule has 0 unspecified atom stereocenters. The van der Waals surface area contributed by atoms with Crippen molar-refractivity contribution in [2.24, 2.45) is 5.73 Å². The topological polar surface area (TPSA) is 147 Å². The van der Waals surface area contributed by atoms with Crippen LogP contribution in [0.4, 0.5) is 0 Å². The molecule has 0 spiro atoms. The SMILES string of the molecule is N[C@@H](CC(=O)O)C(=O)O.O=C1C=CC(=O)N1. The maximum Gasteiger partial charge on any atom is 0.321 e. The highest BCUT2D eigenvalue weighted by Crippen LogP contribution is 1.86. The van der Waals surface area contributed by atoms with Gasteiger partial charge in [0.2, 0.25) is 0 Å². The lowest BCUT2D eigenvalue weighted by molar-refractivity contribution is -0.144. The molecule has 0 bridgehead atoms. The van der Waals surface area contributed by atoms with Gasteiger partial charge in [0.1, 0.15) is 6.04 Å². The van der Waals surface area contributed by atoms with Crippen LogP contribution in [0.25, 0.3) is 0 Å². The Labute approximate surface area is 89.7 Å². The molecule has 0 saturated heterocycles. The number of carbonyl (C=O) groups is 4. The first-order valence-corrected chi connectivity index (χ1v) is 4.06. The zero-order valence-corrected chi connectivity index (χ0v) is 8.04. The van der Waals surface area contributed by atoms with Crippen LogP contribution < -0.4 is 11.1 Å². The maximum absolute atomic E-state index is 10.0. The molecular formula is C8H10N2O6. The highest BCUT2D eigenvalue weighted by molar-refractivity contribution is 6.12. The van der Waals surface area contributed by atoms with E-state index < -0.39 is 24.4 Å². The monoisotopic (exact) mass is 230 g/mol. The van der Waals surface area contributed by atoms with Gasteiger partial charge in [0.05, 0.1) is 6.42 Å². The summed E-state index contributed by atoms with van der Waals surface area (Å²) in [6, 6.07) is -1.29. The molecule has 2 amide bonds. The molecule has 88 valence electrons. The highest BCUT2D eigenvalue weighted by atomic mass is 16.4. The summed E-state index contributed by atoms with van der Waals surface area (Å²) in [4.78, 5) is 39.7. The second kappa shape index (κ2) is 6.30. The second-order valence-electron chi connectivity index (χ2n) is 2.73. The van der Waals surface area contributed by atoms with E-state index in [1.165, 1.54) is 12.2 Å². The number of carboxylic acids is 2. The molecule has 0 aliphatic carbocycles. The summed E-state index contributed by atoms with van der Waals surface area (Å²) in [5.41, 5.74) is 4.84. The third-order valence-corrected chi connectivity index (χ3v) is 1.34. The Kier molecular flexibility index (Phi) is 5.42. The van der Waals surface area contributed by atoms with Crippen molar-refractivity contribution in [1.29, 1.82) is 0 Å². The zero-order chi connectivity index (χ0) is 12.7. The van der Waals surface area contributed by atoms with Crippen molar-refractivity contribution in [3.8, 4) is 0 Å². The molecule has 1 atom stereocenters. The number of hydrogen-bond acceptors (Lipinski definition) is 5. The third kappa shape index (κ3) is 6.27. The molecule has 0 aromatic carbocycles. The smallest absolute Gasteiger partial charge is 0.321 e. The zero-order valence-electron chi connectivity index (χ0n) is 8.04. The molecule has 0 radical (unpaired) electrons. The van der Waals surface area contributed by atoms with Gasteiger partial charge in [-0.1, -0.05) is 0 Å². The fraction of sp³-hybridized carbons (Fsp3) is 0.250. The van der Waals surface area contributed by atoms with Gasteiger partial charge in [-0.3, -0.25) is 24.5 Å². The average Bonchev–Trinajstić information content (AvgIpc) is 2.49. The number of imide groups is 1. The number of rotatable bonds is 3. The predicted octanol–water partition coefficient (Wildman–Crippen LogP) is -1.93. The van der Waals surface area contributed by atoms with Gasteiger partial charge in [-0.2, -0.15) is 0 Å². The molecule has 1 rings (SSSR count). The lowest BCUT2D eigenvalue weighted by Gasteiger charge is -1.99. The quantitative estimate of drug-likeness (QED) is 0.413. The number of carboxylic acid groups (broad SMARTS) is 2. The summed E-state index contributed by atoms with van der Waals surface area (Å²) in [7, 11) is 0. The van der Waals surface area contributed by atoms with Crippen LogP contribution in [0.2, 0.25) is 0 Å². The highest BCUT2D eigenvalue weighted by Gasteiger charge is 2.14. The first-order chi connectivity index (χ1) is 7.32. The molecule has 8 nitrogen and oxygen atoms in total. The van der Waals surface area contributed by atoms with E-state index in [-0.39, 0.29) is 11.8 Å². The maximum atomic E-state index is 10.0. The van der Waals surface area contributed by atoms with E-state index in [9.17, 15) is 19.2 Å². The minimum atomic E-state index is -1.29. The van der Waals surface area contributed by atoms with E-state index in [1.54, 1.807) is 0 Å². The van der Waals surface area contributed by atoms with Crippen LogP contribution in [0.5, 0.6) is 0 Å². The van der Waals surface area contributed by atoms with E-state index in [0.29, 0.717) is 0 Å². The summed E-state index contributed by atoms with van der Waals surface area (Å²) in [5.74, 6) is -3.16. The minimum absolute atomic E-state index is 0.329. The second-order valence-corrected chi connectivity index (χ2v) is 2.73. The largest absolute Gasteiger partial charge is 0.481 e. The van der Waals surface area contributed by atoms with Gasteiger partial charge in [0.15, 0.2) is 0 Å². The van der Waals surface area contributed by atoms with Crippen molar-refractivity contribution in [3.05, 3.63) is 12.2 Å². The van der Waals surface area contributed by atoms with Crippen molar-refractivity contribution in [2.45, 2.75) is 12.5 Å². The molecule has 0 aromatic heterocycles. The predicted molar refractivity (Wildman–Crippen MR) is 50.2 cm³/mol. The summed E-state index contributed by atoms with van der Waals surface area (Å²) < 4.78 is 0. The Morgan fingerprint density at radius 2 is 1.69 bits per heavy atom. The van der Waals surface area contributed by atoms with Gasteiger partial charge in [0.25, 0.3) is 11.8 Å². The number of carbonyl (C=O) groups excluding carboxylic acids is 2. The van der Waals surface area contributed by atoms with E-state index in [1.807, 2.05) is 5.32 Å². The first kappa shape index (κ1) is 13.8. The van der Waals surface area contributed by atoms with Gasteiger partial charge in [0, 0.05) is 12.2 Å². The van der Waals surface area contributed by atoms with E-state index >= 15 is 0 Å². The molecule has 1 heterocycles. The van der Waals surface area contributed by atoms with Crippen LogP contribution in [0.3, 0.4) is 0 Å². The fourth-order valence-electron chi connectivity index (χ4n) is 0.632. The van der Waals surface area contributed by atoms with Gasteiger partial charge >= 0.3 is 11.9 Å². The van der Waals surface area contributed by atoms with Crippen molar-refractivity contribution >= 4 is 23.8 Å². The van der Waals surface area contributed by atoms with E-state index in [2.05, 4.69) is 0 Å². The summed E-state index contributed by atoms with van der Waals surface area (Å²) in [6.45, 7) is 0. The van der Waals surface area contributed by atoms with Crippen LogP contribution in [0, 0.1) is 0 Å². The van der Waals surface area contributed by atoms with Crippen LogP contribution >= 0.6 is 0 Å². The summed E-state index contributed by atoms with van der Waals surface area (Å²) in [5, 5.41) is 18.1. The third-order valence-electron chi connectivity index (χ3n) is 1.34. The molecule has 0 aromatic rings. The number of nitrogens with two attached hydrogens (primary N) is 1. The van der Waals surface area contributed by atoms with Gasteiger partial charge in [-0.15, -0.1) is 0 Å². The van der Waals surface area contributed by atoms with Crippen molar-refractivity contribution in [1.82, 2.24) is 5.32 Å². The van der Waals surface area contributed by atoms with Crippen LogP contribution in [0.1, 0.15) is 6.42 Å². The molecule has 1 aliphatic rings. The normalized spacial score (nSPS) is 14.8. The molecular weight excluding hydrogens is 220 g/mol. The lowest BCUT2D eigenvalue weighted by atomic mass is 10.2. The van der Waals surface area contributed by atoms with Crippen LogP contribution in [-0.2, 0) is 19.2 Å². The average molecular weight is 230 g/mol. The Morgan fingerprint density at radius 3 is 1.81 bits per heavy atom. The number of amides is 2.